The molecule has 0 saturated carbocycles. The van der Waals surface area contributed by atoms with Gasteiger partial charge in [0, 0.05) is 13.0 Å². The standard InChI is InChI=1S/C27H25F2N5O4S/c1-13-11-33-21-17(9-18(19(28)20(21)29)23-32-31-15(3)39-23)10-27(22(33)14(2)38-13)24(35)30-26(37)34(25(27)36)12-16-7-5-4-6-8-16/h4-9,13-14,22H,10-12H2,1-3H3,(H,30,35,37)/t13-,14+,22?,27?/m0/s1. The van der Waals surface area contributed by atoms with E-state index in [0.29, 0.717) is 10.6 Å². The number of aryl methyl sites for hydroxylation is 1. The van der Waals surface area contributed by atoms with Crippen molar-refractivity contribution in [1.82, 2.24) is 20.4 Å². The third kappa shape index (κ3) is 3.84. The fourth-order valence-electron chi connectivity index (χ4n) is 6.14. The van der Waals surface area contributed by atoms with E-state index >= 15 is 8.78 Å². The molecular formula is C27H25F2N5O4S. The Morgan fingerprint density at radius 3 is 2.56 bits per heavy atom. The van der Waals surface area contributed by atoms with Crippen LogP contribution in [0.2, 0.25) is 0 Å². The molecule has 2 fully saturated rings. The summed E-state index contributed by atoms with van der Waals surface area (Å²) >= 11 is 1.11. The molecule has 3 aliphatic heterocycles. The van der Waals surface area contributed by atoms with Crippen LogP contribution in [0, 0.1) is 24.0 Å². The molecule has 4 amide bonds. The summed E-state index contributed by atoms with van der Waals surface area (Å²) < 4.78 is 37.4. The second kappa shape index (κ2) is 9.16. The summed E-state index contributed by atoms with van der Waals surface area (Å²) in [4.78, 5) is 43.6. The number of aromatic nitrogens is 2. The number of rotatable bonds is 3. The minimum atomic E-state index is -1.83. The molecule has 12 heteroatoms. The highest BCUT2D eigenvalue weighted by Crippen LogP contribution is 2.50. The van der Waals surface area contributed by atoms with Gasteiger partial charge in [0.15, 0.2) is 22.1 Å². The number of nitrogens with zero attached hydrogens (tertiary/aromatic N) is 4. The number of fused-ring (bicyclic) bond motifs is 4. The molecule has 4 atom stereocenters. The van der Waals surface area contributed by atoms with Crippen LogP contribution in [0.5, 0.6) is 0 Å². The minimum absolute atomic E-state index is 0.0118. The van der Waals surface area contributed by atoms with Crippen molar-refractivity contribution in [2.75, 3.05) is 11.4 Å². The van der Waals surface area contributed by atoms with Crippen molar-refractivity contribution in [3.05, 3.63) is 64.2 Å². The van der Waals surface area contributed by atoms with Crippen LogP contribution < -0.4 is 10.2 Å². The average molecular weight is 554 g/mol. The quantitative estimate of drug-likeness (QED) is 0.495. The minimum Gasteiger partial charge on any atom is -0.372 e. The molecule has 2 unspecified atom stereocenters. The van der Waals surface area contributed by atoms with E-state index in [1.807, 2.05) is 6.07 Å². The number of carbonyl (C=O) groups excluding carboxylic acids is 3. The molecule has 3 aromatic rings. The smallest absolute Gasteiger partial charge is 0.331 e. The molecule has 9 nitrogen and oxygen atoms in total. The molecule has 0 bridgehead atoms. The van der Waals surface area contributed by atoms with Crippen LogP contribution in [0.15, 0.2) is 36.4 Å². The summed E-state index contributed by atoms with van der Waals surface area (Å²) in [6, 6.07) is 8.56. The number of hydrogen-bond donors (Lipinski definition) is 1. The maximum atomic E-state index is 15.9. The van der Waals surface area contributed by atoms with Crippen LogP contribution in [0.1, 0.15) is 30.0 Å². The number of halogens is 2. The highest BCUT2D eigenvalue weighted by atomic mass is 32.1. The highest BCUT2D eigenvalue weighted by molar-refractivity contribution is 7.14. The van der Waals surface area contributed by atoms with Gasteiger partial charge in [-0.2, -0.15) is 0 Å². The van der Waals surface area contributed by atoms with Gasteiger partial charge in [0.25, 0.3) is 0 Å². The van der Waals surface area contributed by atoms with Gasteiger partial charge in [-0.25, -0.2) is 13.6 Å². The lowest BCUT2D eigenvalue weighted by Gasteiger charge is -2.56. The lowest BCUT2D eigenvalue weighted by atomic mass is 9.66. The third-order valence-electron chi connectivity index (χ3n) is 7.64. The van der Waals surface area contributed by atoms with Gasteiger partial charge in [-0.3, -0.25) is 19.8 Å². The molecule has 39 heavy (non-hydrogen) atoms. The zero-order valence-electron chi connectivity index (χ0n) is 21.4. The van der Waals surface area contributed by atoms with E-state index < -0.39 is 53.1 Å². The van der Waals surface area contributed by atoms with Crippen molar-refractivity contribution in [3.63, 3.8) is 0 Å². The number of ether oxygens (including phenoxy) is 1. The van der Waals surface area contributed by atoms with Crippen LogP contribution in [0.25, 0.3) is 10.6 Å². The number of urea groups is 1. The first-order valence-corrected chi connectivity index (χ1v) is 13.4. The van der Waals surface area contributed by atoms with Crippen molar-refractivity contribution in [2.24, 2.45) is 5.41 Å². The second-order valence-electron chi connectivity index (χ2n) is 10.2. The molecule has 1 aromatic heterocycles. The maximum absolute atomic E-state index is 15.9. The molecule has 2 saturated heterocycles. The Hall–Kier alpha value is -3.77. The molecule has 3 aliphatic rings. The molecular weight excluding hydrogens is 528 g/mol. The SMILES string of the molecule is Cc1nnc(-c2cc3c(c(F)c2F)N2C[C@H](C)O[C@H](C)C2C2(C3)C(=O)NC(=O)N(Cc3ccccc3)C2=O)s1. The van der Waals surface area contributed by atoms with Crippen LogP contribution in [0.4, 0.5) is 19.3 Å². The van der Waals surface area contributed by atoms with Crippen LogP contribution in [0.3, 0.4) is 0 Å². The van der Waals surface area contributed by atoms with Gasteiger partial charge < -0.3 is 9.64 Å². The van der Waals surface area contributed by atoms with Gasteiger partial charge in [0.05, 0.1) is 36.0 Å². The first-order chi connectivity index (χ1) is 18.6. The molecule has 2 aromatic carbocycles. The van der Waals surface area contributed by atoms with E-state index in [-0.39, 0.29) is 41.3 Å². The summed E-state index contributed by atoms with van der Waals surface area (Å²) in [6.07, 6.45) is -1.36. The van der Waals surface area contributed by atoms with Crippen LogP contribution >= 0.6 is 11.3 Å². The van der Waals surface area contributed by atoms with Gasteiger partial charge in [0.1, 0.15) is 5.01 Å². The molecule has 6 rings (SSSR count). The summed E-state index contributed by atoms with van der Waals surface area (Å²) in [5.41, 5.74) is -0.967. The van der Waals surface area contributed by atoms with E-state index in [1.54, 1.807) is 49.9 Å². The van der Waals surface area contributed by atoms with Crippen molar-refractivity contribution in [3.8, 4) is 10.6 Å². The highest BCUT2D eigenvalue weighted by Gasteiger charge is 2.65. The first kappa shape index (κ1) is 25.5. The van der Waals surface area contributed by atoms with Crippen LogP contribution in [-0.4, -0.2) is 57.7 Å². The van der Waals surface area contributed by atoms with E-state index in [4.69, 9.17) is 4.74 Å². The Bertz CT molecular complexity index is 1520. The fraction of sp³-hybridized carbons (Fsp3) is 0.370. The molecule has 0 aliphatic carbocycles. The van der Waals surface area contributed by atoms with Gasteiger partial charge in [-0.15, -0.1) is 10.2 Å². The summed E-state index contributed by atoms with van der Waals surface area (Å²) in [5.74, 6) is -3.65. The third-order valence-corrected chi connectivity index (χ3v) is 8.51. The molecule has 4 heterocycles. The topological polar surface area (TPSA) is 105 Å². The molecule has 1 spiro atoms. The van der Waals surface area contributed by atoms with Crippen molar-refractivity contribution < 1.29 is 27.9 Å². The number of imide groups is 2. The van der Waals surface area contributed by atoms with Crippen molar-refractivity contribution in [2.45, 2.75) is 52.0 Å². The Morgan fingerprint density at radius 1 is 1.13 bits per heavy atom. The number of morpholine rings is 1. The molecule has 0 radical (unpaired) electrons. The number of hydrogen-bond acceptors (Lipinski definition) is 8. The number of amides is 4. The second-order valence-corrected chi connectivity index (χ2v) is 11.4. The van der Waals surface area contributed by atoms with E-state index in [2.05, 4.69) is 15.5 Å². The number of benzene rings is 2. The fourth-order valence-corrected chi connectivity index (χ4v) is 6.84. The number of anilines is 1. The normalized spacial score (nSPS) is 26.5. The van der Waals surface area contributed by atoms with E-state index in [0.717, 1.165) is 16.2 Å². The molecule has 202 valence electrons. The van der Waals surface area contributed by atoms with E-state index in [9.17, 15) is 14.4 Å². The largest absolute Gasteiger partial charge is 0.372 e. The van der Waals surface area contributed by atoms with Gasteiger partial charge in [-0.1, -0.05) is 41.7 Å². The van der Waals surface area contributed by atoms with Gasteiger partial charge >= 0.3 is 6.03 Å². The Labute approximate surface area is 226 Å². The summed E-state index contributed by atoms with van der Waals surface area (Å²) in [5, 5.41) is 11.0. The van der Waals surface area contributed by atoms with Gasteiger partial charge in [-0.05, 0) is 38.0 Å². The predicted molar refractivity (Wildman–Crippen MR) is 138 cm³/mol. The maximum Gasteiger partial charge on any atom is 0.331 e. The number of carbonyl (C=O) groups is 3. The Kier molecular flexibility index (Phi) is 5.99. The predicted octanol–water partition coefficient (Wildman–Crippen LogP) is 3.60. The van der Waals surface area contributed by atoms with E-state index in [1.165, 1.54) is 6.07 Å². The average Bonchev–Trinajstić information content (AvgIpc) is 3.33. The summed E-state index contributed by atoms with van der Waals surface area (Å²) in [7, 11) is 0. The molecule has 1 N–H and O–H groups in total. The Balaban J connectivity index is 1.53. The Morgan fingerprint density at radius 2 is 1.87 bits per heavy atom. The van der Waals surface area contributed by atoms with Gasteiger partial charge in [0.2, 0.25) is 11.8 Å². The zero-order chi connectivity index (χ0) is 27.6. The zero-order valence-corrected chi connectivity index (χ0v) is 22.2. The van der Waals surface area contributed by atoms with Crippen molar-refractivity contribution >= 4 is 34.9 Å². The van der Waals surface area contributed by atoms with Crippen molar-refractivity contribution in [1.29, 1.82) is 0 Å². The summed E-state index contributed by atoms with van der Waals surface area (Å²) in [6.45, 7) is 5.25. The number of barbiturate groups is 1. The lowest BCUT2D eigenvalue weighted by Crippen LogP contribution is -2.75. The lowest BCUT2D eigenvalue weighted by molar-refractivity contribution is -0.161. The first-order valence-electron chi connectivity index (χ1n) is 12.6. The monoisotopic (exact) mass is 553 g/mol. The van der Waals surface area contributed by atoms with Crippen LogP contribution in [-0.2, 0) is 27.3 Å². The number of nitrogens with one attached hydrogen (secondary N) is 1.